The summed E-state index contributed by atoms with van der Waals surface area (Å²) >= 11 is 1.35. The van der Waals surface area contributed by atoms with Crippen molar-refractivity contribution in [2.45, 2.75) is 12.6 Å². The fraction of sp³-hybridized carbons (Fsp3) is 0.0870. The van der Waals surface area contributed by atoms with Crippen LogP contribution in [0.3, 0.4) is 0 Å². The molecule has 144 valence electrons. The molecule has 0 radical (unpaired) electrons. The van der Waals surface area contributed by atoms with Crippen LogP contribution in [0.2, 0.25) is 0 Å². The van der Waals surface area contributed by atoms with Crippen LogP contribution in [0.15, 0.2) is 78.3 Å². The molecule has 2 aromatic heterocycles. The molecule has 0 saturated carbocycles. The average Bonchev–Trinajstić information content (AvgIpc) is 3.37. The highest BCUT2D eigenvalue weighted by Gasteiger charge is 2.34. The van der Waals surface area contributed by atoms with Crippen molar-refractivity contribution in [2.75, 3.05) is 0 Å². The number of carbonyl (C=O) groups is 1. The molecule has 6 heteroatoms. The molecular weight excluding hydrogens is 390 g/mol. The highest BCUT2D eigenvalue weighted by atomic mass is 32.1. The van der Waals surface area contributed by atoms with Gasteiger partial charge in [-0.1, -0.05) is 24.3 Å². The van der Waals surface area contributed by atoms with E-state index >= 15 is 0 Å². The van der Waals surface area contributed by atoms with Gasteiger partial charge in [0, 0.05) is 24.5 Å². The third-order valence-electron chi connectivity index (χ3n) is 5.16. The lowest BCUT2D eigenvalue weighted by Crippen LogP contribution is -2.34. The highest BCUT2D eigenvalue weighted by Crippen LogP contribution is 2.38. The summed E-state index contributed by atoms with van der Waals surface area (Å²) in [6, 6.07) is 18.0. The van der Waals surface area contributed by atoms with Gasteiger partial charge in [0.25, 0.3) is 5.91 Å². The SMILES string of the molecule is O=C(c1cccs1)N1Cc2ccccc2-n2cccc2C1c1cc(F)cc(F)c1. The van der Waals surface area contributed by atoms with Crippen molar-refractivity contribution in [3.05, 3.63) is 112 Å². The number of benzene rings is 2. The molecule has 0 saturated heterocycles. The lowest BCUT2D eigenvalue weighted by Gasteiger charge is -2.30. The van der Waals surface area contributed by atoms with Gasteiger partial charge in [-0.2, -0.15) is 0 Å². The predicted octanol–water partition coefficient (Wildman–Crippen LogP) is 5.56. The number of nitrogens with zero attached hydrogens (tertiary/aromatic N) is 2. The van der Waals surface area contributed by atoms with Crippen molar-refractivity contribution < 1.29 is 13.6 Å². The van der Waals surface area contributed by atoms with Gasteiger partial charge in [0.15, 0.2) is 0 Å². The minimum atomic E-state index is -0.664. The van der Waals surface area contributed by atoms with Gasteiger partial charge in [-0.3, -0.25) is 4.79 Å². The molecule has 2 aromatic carbocycles. The van der Waals surface area contributed by atoms with E-state index in [9.17, 15) is 13.6 Å². The summed E-state index contributed by atoms with van der Waals surface area (Å²) < 4.78 is 30.2. The Kier molecular flexibility index (Phi) is 4.28. The Bertz CT molecular complexity index is 1180. The zero-order valence-electron chi connectivity index (χ0n) is 15.3. The number of rotatable bonds is 2. The van der Waals surface area contributed by atoms with Gasteiger partial charge in [-0.25, -0.2) is 8.78 Å². The van der Waals surface area contributed by atoms with Crippen LogP contribution < -0.4 is 0 Å². The maximum Gasteiger partial charge on any atom is 0.265 e. The Hall–Kier alpha value is -3.25. The smallest absolute Gasteiger partial charge is 0.265 e. The first kappa shape index (κ1) is 17.8. The molecule has 0 aliphatic carbocycles. The summed E-state index contributed by atoms with van der Waals surface area (Å²) in [5.74, 6) is -1.49. The molecule has 0 bridgehead atoms. The maximum atomic E-state index is 14.1. The molecule has 1 atom stereocenters. The molecule has 1 amide bonds. The lowest BCUT2D eigenvalue weighted by atomic mass is 10.0. The molecule has 29 heavy (non-hydrogen) atoms. The molecule has 5 rings (SSSR count). The van der Waals surface area contributed by atoms with Gasteiger partial charge in [-0.15, -0.1) is 11.3 Å². The second kappa shape index (κ2) is 6.97. The number of amides is 1. The van der Waals surface area contributed by atoms with Crippen LogP contribution in [-0.4, -0.2) is 15.4 Å². The summed E-state index contributed by atoms with van der Waals surface area (Å²) in [4.78, 5) is 15.7. The van der Waals surface area contributed by atoms with E-state index in [1.54, 1.807) is 11.0 Å². The van der Waals surface area contributed by atoms with Crippen molar-refractivity contribution in [2.24, 2.45) is 0 Å². The number of hydrogen-bond acceptors (Lipinski definition) is 2. The van der Waals surface area contributed by atoms with Gasteiger partial charge in [-0.05, 0) is 52.9 Å². The third kappa shape index (κ3) is 3.06. The Morgan fingerprint density at radius 3 is 2.52 bits per heavy atom. The summed E-state index contributed by atoms with van der Waals surface area (Å²) in [7, 11) is 0. The van der Waals surface area contributed by atoms with E-state index in [1.165, 1.54) is 23.5 Å². The number of fused-ring (bicyclic) bond motifs is 3. The Labute approximate surface area is 170 Å². The highest BCUT2D eigenvalue weighted by molar-refractivity contribution is 7.12. The monoisotopic (exact) mass is 406 g/mol. The summed E-state index contributed by atoms with van der Waals surface area (Å²) in [5, 5.41) is 1.85. The molecule has 3 nitrogen and oxygen atoms in total. The van der Waals surface area contributed by atoms with Gasteiger partial charge < -0.3 is 9.47 Å². The number of hydrogen-bond donors (Lipinski definition) is 0. The van der Waals surface area contributed by atoms with Crippen molar-refractivity contribution in [3.63, 3.8) is 0 Å². The van der Waals surface area contributed by atoms with Crippen LogP contribution >= 0.6 is 11.3 Å². The molecule has 0 fully saturated rings. The van der Waals surface area contributed by atoms with E-state index in [0.29, 0.717) is 17.0 Å². The number of thiophene rings is 1. The van der Waals surface area contributed by atoms with Crippen LogP contribution in [0.4, 0.5) is 8.78 Å². The number of carbonyl (C=O) groups excluding carboxylic acids is 1. The summed E-state index contributed by atoms with van der Waals surface area (Å²) in [6.45, 7) is 0.331. The van der Waals surface area contributed by atoms with Crippen LogP contribution in [-0.2, 0) is 6.54 Å². The summed E-state index contributed by atoms with van der Waals surface area (Å²) in [6.07, 6.45) is 1.91. The first-order valence-electron chi connectivity index (χ1n) is 9.18. The quantitative estimate of drug-likeness (QED) is 0.428. The van der Waals surface area contributed by atoms with Gasteiger partial charge in [0.1, 0.15) is 11.6 Å². The Balaban J connectivity index is 1.75. The molecule has 1 unspecified atom stereocenters. The van der Waals surface area contributed by atoms with Crippen LogP contribution in [0.1, 0.15) is 32.5 Å². The normalized spacial score (nSPS) is 15.5. The molecule has 3 heterocycles. The Morgan fingerprint density at radius 2 is 1.76 bits per heavy atom. The topological polar surface area (TPSA) is 25.2 Å². The minimum absolute atomic E-state index is 0.167. The minimum Gasteiger partial charge on any atom is -0.321 e. The van der Waals surface area contributed by atoms with Crippen LogP contribution in [0.5, 0.6) is 0 Å². The van der Waals surface area contributed by atoms with E-state index in [2.05, 4.69) is 0 Å². The Morgan fingerprint density at radius 1 is 0.966 bits per heavy atom. The predicted molar refractivity (Wildman–Crippen MR) is 108 cm³/mol. The zero-order chi connectivity index (χ0) is 20.0. The largest absolute Gasteiger partial charge is 0.321 e. The molecule has 1 aliphatic heterocycles. The van der Waals surface area contributed by atoms with Crippen LogP contribution in [0, 0.1) is 11.6 Å². The number of para-hydroxylation sites is 1. The van der Waals surface area contributed by atoms with E-state index in [4.69, 9.17) is 0 Å². The lowest BCUT2D eigenvalue weighted by molar-refractivity contribution is 0.0695. The van der Waals surface area contributed by atoms with Crippen molar-refractivity contribution in [1.29, 1.82) is 0 Å². The molecule has 0 spiro atoms. The van der Waals surface area contributed by atoms with Gasteiger partial charge in [0.2, 0.25) is 0 Å². The fourth-order valence-electron chi connectivity index (χ4n) is 3.96. The van der Waals surface area contributed by atoms with E-state index in [-0.39, 0.29) is 5.91 Å². The maximum absolute atomic E-state index is 14.1. The summed E-state index contributed by atoms with van der Waals surface area (Å²) in [5.41, 5.74) is 3.11. The van der Waals surface area contributed by atoms with Crippen molar-refractivity contribution >= 4 is 17.2 Å². The van der Waals surface area contributed by atoms with Gasteiger partial charge in [0.05, 0.1) is 16.6 Å². The van der Waals surface area contributed by atoms with Crippen LogP contribution in [0.25, 0.3) is 5.69 Å². The second-order valence-electron chi connectivity index (χ2n) is 6.95. The first-order chi connectivity index (χ1) is 14.1. The average molecular weight is 406 g/mol. The zero-order valence-corrected chi connectivity index (χ0v) is 16.1. The van der Waals surface area contributed by atoms with Crippen molar-refractivity contribution in [3.8, 4) is 5.69 Å². The first-order valence-corrected chi connectivity index (χ1v) is 10.1. The van der Waals surface area contributed by atoms with E-state index < -0.39 is 17.7 Å². The number of halogens is 2. The van der Waals surface area contributed by atoms with E-state index in [0.717, 1.165) is 23.0 Å². The third-order valence-corrected chi connectivity index (χ3v) is 6.02. The fourth-order valence-corrected chi connectivity index (χ4v) is 4.64. The second-order valence-corrected chi connectivity index (χ2v) is 7.90. The number of aromatic nitrogens is 1. The van der Waals surface area contributed by atoms with Crippen molar-refractivity contribution in [1.82, 2.24) is 9.47 Å². The molecular formula is C23H16F2N2OS. The van der Waals surface area contributed by atoms with Gasteiger partial charge >= 0.3 is 0 Å². The van der Waals surface area contributed by atoms with E-state index in [1.807, 2.05) is 58.6 Å². The molecule has 1 aliphatic rings. The molecule has 0 N–H and O–H groups in total. The molecule has 4 aromatic rings. The standard InChI is InChI=1S/C23H16F2N2OS/c24-17-11-16(12-18(25)13-17)22-20-7-3-9-26(20)19-6-2-1-5-15(19)14-27(22)23(28)21-8-4-10-29-21/h1-13,22H,14H2.